The number of carbonyl (C=O) groups excluding carboxylic acids is 1. The van der Waals surface area contributed by atoms with E-state index in [-0.39, 0.29) is 12.4 Å². The SMILES string of the molecule is Cc1cc(=O)oc2cc(OCC(=O)c3cccc4ccccc34)ccc12. The first kappa shape index (κ1) is 16.1. The summed E-state index contributed by atoms with van der Waals surface area (Å²) in [5, 5.41) is 2.77. The van der Waals surface area contributed by atoms with Gasteiger partial charge in [0.1, 0.15) is 11.3 Å². The van der Waals surface area contributed by atoms with Gasteiger partial charge in [0.05, 0.1) is 0 Å². The van der Waals surface area contributed by atoms with E-state index < -0.39 is 5.63 Å². The van der Waals surface area contributed by atoms with E-state index in [0.717, 1.165) is 21.7 Å². The van der Waals surface area contributed by atoms with Crippen molar-refractivity contribution in [1.29, 1.82) is 0 Å². The normalized spacial score (nSPS) is 11.0. The highest BCUT2D eigenvalue weighted by atomic mass is 16.5. The Morgan fingerprint density at radius 3 is 2.65 bits per heavy atom. The Kier molecular flexibility index (Phi) is 4.01. The molecule has 0 aliphatic rings. The summed E-state index contributed by atoms with van der Waals surface area (Å²) in [6, 6.07) is 20.1. The molecule has 0 amide bonds. The molecule has 3 aromatic carbocycles. The maximum absolute atomic E-state index is 12.6. The number of Topliss-reactive ketones (excluding diaryl/α,β-unsaturated/α-hetero) is 1. The molecular weight excluding hydrogens is 328 g/mol. The highest BCUT2D eigenvalue weighted by Crippen LogP contribution is 2.23. The van der Waals surface area contributed by atoms with Gasteiger partial charge in [-0.1, -0.05) is 42.5 Å². The second-order valence-corrected chi connectivity index (χ2v) is 6.14. The fourth-order valence-corrected chi connectivity index (χ4v) is 3.09. The minimum atomic E-state index is -0.404. The third kappa shape index (κ3) is 2.97. The molecule has 0 bridgehead atoms. The zero-order valence-corrected chi connectivity index (χ0v) is 14.2. The van der Waals surface area contributed by atoms with Gasteiger partial charge in [0.25, 0.3) is 0 Å². The predicted octanol–water partition coefficient (Wildman–Crippen LogP) is 4.52. The van der Waals surface area contributed by atoms with Crippen molar-refractivity contribution in [1.82, 2.24) is 0 Å². The molecule has 0 saturated carbocycles. The van der Waals surface area contributed by atoms with Crippen LogP contribution in [0.1, 0.15) is 15.9 Å². The first-order chi connectivity index (χ1) is 12.6. The number of ether oxygens (including phenoxy) is 1. The van der Waals surface area contributed by atoms with Gasteiger partial charge in [-0.05, 0) is 35.4 Å². The lowest BCUT2D eigenvalue weighted by Gasteiger charge is -2.09. The standard InChI is InChI=1S/C22H16O4/c1-14-11-22(24)26-21-12-16(9-10-17(14)21)25-13-20(23)19-8-4-6-15-5-2-3-7-18(15)19/h2-12H,13H2,1H3. The molecule has 0 radical (unpaired) electrons. The number of fused-ring (bicyclic) bond motifs is 2. The van der Waals surface area contributed by atoms with Gasteiger partial charge in [-0.3, -0.25) is 4.79 Å². The summed E-state index contributed by atoms with van der Waals surface area (Å²) in [6.45, 7) is 1.76. The molecule has 0 spiro atoms. The third-order valence-corrected chi connectivity index (χ3v) is 4.38. The Balaban J connectivity index is 1.59. The lowest BCUT2D eigenvalue weighted by molar-refractivity contribution is 0.0923. The van der Waals surface area contributed by atoms with Crippen molar-refractivity contribution in [2.24, 2.45) is 0 Å². The van der Waals surface area contributed by atoms with Crippen molar-refractivity contribution in [2.75, 3.05) is 6.61 Å². The van der Waals surface area contributed by atoms with Crippen LogP contribution in [-0.2, 0) is 0 Å². The van der Waals surface area contributed by atoms with Crippen LogP contribution in [0.15, 0.2) is 75.9 Å². The summed E-state index contributed by atoms with van der Waals surface area (Å²) in [4.78, 5) is 24.1. The molecule has 4 nitrogen and oxygen atoms in total. The predicted molar refractivity (Wildman–Crippen MR) is 101 cm³/mol. The summed E-state index contributed by atoms with van der Waals surface area (Å²) >= 11 is 0. The quantitative estimate of drug-likeness (QED) is 0.403. The number of benzene rings is 3. The third-order valence-electron chi connectivity index (χ3n) is 4.38. The second-order valence-electron chi connectivity index (χ2n) is 6.14. The van der Waals surface area contributed by atoms with Gasteiger partial charge in [-0.15, -0.1) is 0 Å². The highest BCUT2D eigenvalue weighted by molar-refractivity contribution is 6.08. The smallest absolute Gasteiger partial charge is 0.336 e. The summed E-state index contributed by atoms with van der Waals surface area (Å²) in [5.74, 6) is 0.382. The molecule has 0 saturated heterocycles. The van der Waals surface area contributed by atoms with E-state index in [4.69, 9.17) is 9.15 Å². The summed E-state index contributed by atoms with van der Waals surface area (Å²) in [5.41, 5.74) is 1.52. The maximum Gasteiger partial charge on any atom is 0.336 e. The van der Waals surface area contributed by atoms with Crippen LogP contribution >= 0.6 is 0 Å². The van der Waals surface area contributed by atoms with E-state index in [0.29, 0.717) is 16.9 Å². The number of carbonyl (C=O) groups is 1. The van der Waals surface area contributed by atoms with E-state index in [1.165, 1.54) is 6.07 Å². The van der Waals surface area contributed by atoms with Gasteiger partial charge in [0, 0.05) is 23.1 Å². The number of hydrogen-bond acceptors (Lipinski definition) is 4. The zero-order valence-electron chi connectivity index (χ0n) is 14.2. The fourth-order valence-electron chi connectivity index (χ4n) is 3.09. The van der Waals surface area contributed by atoms with E-state index in [2.05, 4.69) is 0 Å². The summed E-state index contributed by atoms with van der Waals surface area (Å²) in [6.07, 6.45) is 0. The van der Waals surface area contributed by atoms with Crippen molar-refractivity contribution in [2.45, 2.75) is 6.92 Å². The van der Waals surface area contributed by atoms with Crippen LogP contribution in [0.3, 0.4) is 0 Å². The van der Waals surface area contributed by atoms with Crippen LogP contribution < -0.4 is 10.4 Å². The van der Waals surface area contributed by atoms with Crippen LogP contribution in [0.25, 0.3) is 21.7 Å². The minimum Gasteiger partial charge on any atom is -0.485 e. The largest absolute Gasteiger partial charge is 0.485 e. The molecule has 0 atom stereocenters. The molecule has 0 aliphatic heterocycles. The van der Waals surface area contributed by atoms with Gasteiger partial charge >= 0.3 is 5.63 Å². The lowest BCUT2D eigenvalue weighted by atomic mass is 10.0. The van der Waals surface area contributed by atoms with Crippen molar-refractivity contribution < 1.29 is 13.9 Å². The number of aryl methyl sites for hydroxylation is 1. The minimum absolute atomic E-state index is 0.0877. The van der Waals surface area contributed by atoms with Crippen LogP contribution in [0.5, 0.6) is 5.75 Å². The monoisotopic (exact) mass is 344 g/mol. The van der Waals surface area contributed by atoms with Gasteiger partial charge in [0.2, 0.25) is 5.78 Å². The van der Waals surface area contributed by atoms with Gasteiger partial charge in [-0.2, -0.15) is 0 Å². The van der Waals surface area contributed by atoms with E-state index in [9.17, 15) is 9.59 Å². The van der Waals surface area contributed by atoms with Crippen molar-refractivity contribution >= 4 is 27.5 Å². The number of rotatable bonds is 4. The molecule has 4 aromatic rings. The average Bonchev–Trinajstić information content (AvgIpc) is 2.65. The van der Waals surface area contributed by atoms with Crippen molar-refractivity contribution in [3.8, 4) is 5.75 Å². The van der Waals surface area contributed by atoms with Gasteiger partial charge in [0.15, 0.2) is 6.61 Å². The average molecular weight is 344 g/mol. The second kappa shape index (κ2) is 6.48. The molecule has 0 fully saturated rings. The molecule has 4 rings (SSSR count). The molecule has 26 heavy (non-hydrogen) atoms. The van der Waals surface area contributed by atoms with Crippen LogP contribution in [0, 0.1) is 6.92 Å². The van der Waals surface area contributed by atoms with Crippen LogP contribution in [0.2, 0.25) is 0 Å². The van der Waals surface area contributed by atoms with Crippen LogP contribution in [0.4, 0.5) is 0 Å². The lowest BCUT2D eigenvalue weighted by Crippen LogP contribution is -2.12. The van der Waals surface area contributed by atoms with Gasteiger partial charge < -0.3 is 9.15 Å². The van der Waals surface area contributed by atoms with E-state index >= 15 is 0 Å². The van der Waals surface area contributed by atoms with Crippen molar-refractivity contribution in [3.63, 3.8) is 0 Å². The maximum atomic E-state index is 12.6. The molecule has 0 unspecified atom stereocenters. The number of hydrogen-bond donors (Lipinski definition) is 0. The Morgan fingerprint density at radius 2 is 1.77 bits per heavy atom. The van der Waals surface area contributed by atoms with E-state index in [1.54, 1.807) is 18.2 Å². The van der Waals surface area contributed by atoms with E-state index in [1.807, 2.05) is 49.4 Å². The first-order valence-corrected chi connectivity index (χ1v) is 8.30. The molecule has 0 N–H and O–H groups in total. The topological polar surface area (TPSA) is 56.5 Å². The highest BCUT2D eigenvalue weighted by Gasteiger charge is 2.11. The Labute approximate surface area is 149 Å². The van der Waals surface area contributed by atoms with Gasteiger partial charge in [-0.25, -0.2) is 4.79 Å². The molecule has 1 aromatic heterocycles. The molecule has 4 heteroatoms. The van der Waals surface area contributed by atoms with Crippen LogP contribution in [-0.4, -0.2) is 12.4 Å². The Morgan fingerprint density at radius 1 is 0.962 bits per heavy atom. The molecule has 1 heterocycles. The Bertz CT molecular complexity index is 1180. The molecular formula is C22H16O4. The summed E-state index contributed by atoms with van der Waals surface area (Å²) < 4.78 is 10.9. The number of ketones is 1. The summed E-state index contributed by atoms with van der Waals surface area (Å²) in [7, 11) is 0. The van der Waals surface area contributed by atoms with Crippen molar-refractivity contribution in [3.05, 3.63) is 88.3 Å². The molecule has 0 aliphatic carbocycles. The fraction of sp³-hybridized carbons (Fsp3) is 0.0909. The first-order valence-electron chi connectivity index (χ1n) is 8.30. The Hall–Kier alpha value is -3.40. The molecule has 128 valence electrons. The zero-order chi connectivity index (χ0) is 18.1.